The topological polar surface area (TPSA) is 59.0 Å². The van der Waals surface area contributed by atoms with Crippen LogP contribution in [0, 0.1) is 0 Å². The van der Waals surface area contributed by atoms with Gasteiger partial charge in [-0.2, -0.15) is 0 Å². The van der Waals surface area contributed by atoms with E-state index in [9.17, 15) is 4.79 Å². The first-order chi connectivity index (χ1) is 6.25. The van der Waals surface area contributed by atoms with Crippen molar-refractivity contribution in [2.24, 2.45) is 0 Å². The van der Waals surface area contributed by atoms with Crippen LogP contribution in [0.1, 0.15) is 6.42 Å². The quantitative estimate of drug-likeness (QED) is 0.666. The summed E-state index contributed by atoms with van der Waals surface area (Å²) in [6, 6.07) is 0. The number of carboxylic acid groups (broad SMARTS) is 1. The minimum atomic E-state index is -1.06. The molecule has 1 saturated heterocycles. The van der Waals surface area contributed by atoms with Crippen LogP contribution >= 0.6 is 0 Å². The summed E-state index contributed by atoms with van der Waals surface area (Å²) in [5, 5.41) is 8.77. The predicted octanol–water partition coefficient (Wildman–Crippen LogP) is 0.873. The van der Waals surface area contributed by atoms with Gasteiger partial charge in [-0.15, -0.1) is 6.58 Å². The Labute approximate surface area is 76.5 Å². The van der Waals surface area contributed by atoms with Crippen molar-refractivity contribution < 1.29 is 19.4 Å². The number of hydrogen-bond acceptors (Lipinski definition) is 3. The second-order valence-corrected chi connectivity index (χ2v) is 2.63. The lowest BCUT2D eigenvalue weighted by Gasteiger charge is -2.30. The summed E-state index contributed by atoms with van der Waals surface area (Å²) < 4.78 is 10.3. The van der Waals surface area contributed by atoms with Crippen molar-refractivity contribution >= 4 is 6.09 Å². The van der Waals surface area contributed by atoms with Crippen LogP contribution in [0.2, 0.25) is 0 Å². The minimum absolute atomic E-state index is 0.208. The molecule has 13 heavy (non-hydrogen) atoms. The maximum absolute atomic E-state index is 10.7. The fourth-order valence-corrected chi connectivity index (χ4v) is 1.05. The van der Waals surface area contributed by atoms with Crippen molar-refractivity contribution in [3.05, 3.63) is 12.7 Å². The zero-order valence-electron chi connectivity index (χ0n) is 7.31. The standard InChI is InChI=1S/C8H13NO4/c1-2-4-9(7(10)11)8-12-5-3-6-13-8/h2,8H,1,3-6H2,(H,10,11). The molecular weight excluding hydrogens is 174 g/mol. The van der Waals surface area contributed by atoms with Crippen molar-refractivity contribution in [2.75, 3.05) is 19.8 Å². The van der Waals surface area contributed by atoms with Crippen LogP contribution < -0.4 is 0 Å². The summed E-state index contributed by atoms with van der Waals surface area (Å²) in [7, 11) is 0. The number of hydrogen-bond donors (Lipinski definition) is 1. The molecule has 0 aromatic carbocycles. The van der Waals surface area contributed by atoms with Gasteiger partial charge in [-0.25, -0.2) is 4.79 Å². The molecule has 5 heteroatoms. The van der Waals surface area contributed by atoms with Gasteiger partial charge in [-0.05, 0) is 6.42 Å². The Morgan fingerprint density at radius 1 is 1.62 bits per heavy atom. The van der Waals surface area contributed by atoms with Crippen molar-refractivity contribution in [2.45, 2.75) is 12.8 Å². The van der Waals surface area contributed by atoms with E-state index < -0.39 is 12.5 Å². The van der Waals surface area contributed by atoms with Crippen LogP contribution in [0.4, 0.5) is 4.79 Å². The molecule has 1 fully saturated rings. The van der Waals surface area contributed by atoms with Crippen LogP contribution in [0.5, 0.6) is 0 Å². The highest BCUT2D eigenvalue weighted by atomic mass is 16.7. The Hall–Kier alpha value is -1.07. The largest absolute Gasteiger partial charge is 0.465 e. The van der Waals surface area contributed by atoms with E-state index in [1.54, 1.807) is 0 Å². The Bertz CT molecular complexity index is 189. The first-order valence-electron chi connectivity index (χ1n) is 4.09. The van der Waals surface area contributed by atoms with Crippen LogP contribution in [0.15, 0.2) is 12.7 Å². The van der Waals surface area contributed by atoms with Gasteiger partial charge < -0.3 is 14.6 Å². The first kappa shape index (κ1) is 10.0. The molecule has 0 bridgehead atoms. The molecule has 0 aromatic rings. The molecule has 0 aliphatic carbocycles. The van der Waals surface area contributed by atoms with E-state index in [0.717, 1.165) is 11.3 Å². The highest BCUT2D eigenvalue weighted by molar-refractivity contribution is 5.65. The Morgan fingerprint density at radius 2 is 2.23 bits per heavy atom. The van der Waals surface area contributed by atoms with Gasteiger partial charge in [-0.1, -0.05) is 6.08 Å². The van der Waals surface area contributed by atoms with Gasteiger partial charge in [0.05, 0.1) is 13.2 Å². The lowest BCUT2D eigenvalue weighted by Crippen LogP contribution is -2.45. The molecule has 1 N–H and O–H groups in total. The minimum Gasteiger partial charge on any atom is -0.465 e. The van der Waals surface area contributed by atoms with E-state index >= 15 is 0 Å². The molecule has 1 amide bonds. The molecule has 0 atom stereocenters. The van der Waals surface area contributed by atoms with Crippen molar-refractivity contribution in [3.63, 3.8) is 0 Å². The van der Waals surface area contributed by atoms with Crippen molar-refractivity contribution in [1.29, 1.82) is 0 Å². The number of amides is 1. The first-order valence-corrected chi connectivity index (χ1v) is 4.09. The highest BCUT2D eigenvalue weighted by Gasteiger charge is 2.25. The predicted molar refractivity (Wildman–Crippen MR) is 45.2 cm³/mol. The molecule has 1 aliphatic heterocycles. The van der Waals surface area contributed by atoms with E-state index in [1.165, 1.54) is 6.08 Å². The van der Waals surface area contributed by atoms with Crippen LogP contribution in [-0.2, 0) is 9.47 Å². The Kier molecular flexibility index (Phi) is 3.72. The Balaban J connectivity index is 2.51. The van der Waals surface area contributed by atoms with E-state index in [4.69, 9.17) is 14.6 Å². The molecular formula is C8H13NO4. The van der Waals surface area contributed by atoms with Crippen LogP contribution in [-0.4, -0.2) is 42.3 Å². The molecule has 0 saturated carbocycles. The lowest BCUT2D eigenvalue weighted by molar-refractivity contribution is -0.238. The summed E-state index contributed by atoms with van der Waals surface area (Å²) >= 11 is 0. The molecule has 0 spiro atoms. The molecule has 0 unspecified atom stereocenters. The van der Waals surface area contributed by atoms with Gasteiger partial charge in [-0.3, -0.25) is 4.90 Å². The van der Waals surface area contributed by atoms with Gasteiger partial charge >= 0.3 is 6.09 Å². The summed E-state index contributed by atoms with van der Waals surface area (Å²) in [5.74, 6) is 0. The maximum Gasteiger partial charge on any atom is 0.411 e. The third-order valence-electron chi connectivity index (χ3n) is 1.64. The van der Waals surface area contributed by atoms with E-state index in [0.29, 0.717) is 13.2 Å². The summed E-state index contributed by atoms with van der Waals surface area (Å²) in [6.07, 6.45) is 0.462. The van der Waals surface area contributed by atoms with Gasteiger partial charge in [0.2, 0.25) is 6.41 Å². The SMILES string of the molecule is C=CCN(C(=O)O)C1OCCCO1. The molecule has 0 radical (unpaired) electrons. The summed E-state index contributed by atoms with van der Waals surface area (Å²) in [6.45, 7) is 4.74. The highest BCUT2D eigenvalue weighted by Crippen LogP contribution is 2.10. The molecule has 5 nitrogen and oxygen atoms in total. The fourth-order valence-electron chi connectivity index (χ4n) is 1.05. The smallest absolute Gasteiger partial charge is 0.411 e. The van der Waals surface area contributed by atoms with E-state index in [2.05, 4.69) is 6.58 Å². The normalized spacial score (nSPS) is 18.2. The van der Waals surface area contributed by atoms with Crippen LogP contribution in [0.25, 0.3) is 0 Å². The van der Waals surface area contributed by atoms with Crippen LogP contribution in [0.3, 0.4) is 0 Å². The molecule has 1 rings (SSSR count). The Morgan fingerprint density at radius 3 is 2.69 bits per heavy atom. The molecule has 74 valence electrons. The lowest BCUT2D eigenvalue weighted by atomic mass is 10.4. The third-order valence-corrected chi connectivity index (χ3v) is 1.64. The van der Waals surface area contributed by atoms with Gasteiger partial charge in [0.1, 0.15) is 0 Å². The van der Waals surface area contributed by atoms with E-state index in [1.807, 2.05) is 0 Å². The fraction of sp³-hybridized carbons (Fsp3) is 0.625. The van der Waals surface area contributed by atoms with Gasteiger partial charge in [0.25, 0.3) is 0 Å². The second-order valence-electron chi connectivity index (χ2n) is 2.63. The third kappa shape index (κ3) is 2.71. The molecule has 0 aromatic heterocycles. The van der Waals surface area contributed by atoms with Crippen molar-refractivity contribution in [3.8, 4) is 0 Å². The van der Waals surface area contributed by atoms with Gasteiger partial charge in [0, 0.05) is 6.54 Å². The van der Waals surface area contributed by atoms with Gasteiger partial charge in [0.15, 0.2) is 0 Å². The monoisotopic (exact) mass is 187 g/mol. The summed E-state index contributed by atoms with van der Waals surface area (Å²) in [5.41, 5.74) is 0. The average Bonchev–Trinajstić information content (AvgIpc) is 2.15. The number of carbonyl (C=O) groups is 1. The molecule has 1 aliphatic rings. The summed E-state index contributed by atoms with van der Waals surface area (Å²) in [4.78, 5) is 11.8. The van der Waals surface area contributed by atoms with E-state index in [-0.39, 0.29) is 6.54 Å². The number of ether oxygens (including phenoxy) is 2. The maximum atomic E-state index is 10.7. The second kappa shape index (κ2) is 4.84. The average molecular weight is 187 g/mol. The zero-order chi connectivity index (χ0) is 9.68. The number of rotatable bonds is 3. The molecule has 1 heterocycles. The zero-order valence-corrected chi connectivity index (χ0v) is 7.31. The number of nitrogens with zero attached hydrogens (tertiary/aromatic N) is 1. The van der Waals surface area contributed by atoms with Crippen molar-refractivity contribution in [1.82, 2.24) is 4.90 Å².